The van der Waals surface area contributed by atoms with Crippen molar-refractivity contribution in [1.82, 2.24) is 9.97 Å². The SMILES string of the molecule is CSc1cnc(CN)cn1. The van der Waals surface area contributed by atoms with Gasteiger partial charge in [-0.1, -0.05) is 0 Å². The fourth-order valence-corrected chi connectivity index (χ4v) is 0.870. The van der Waals surface area contributed by atoms with Gasteiger partial charge in [0.05, 0.1) is 18.1 Å². The van der Waals surface area contributed by atoms with Gasteiger partial charge in [-0.05, 0) is 6.26 Å². The highest BCUT2D eigenvalue weighted by Gasteiger charge is 1.91. The molecule has 0 aliphatic heterocycles. The standard InChI is InChI=1S/C6H9N3S/c1-10-6-4-8-5(2-7)3-9-6/h3-4H,2,7H2,1H3. The molecule has 0 aliphatic rings. The molecule has 0 amide bonds. The first-order valence-corrected chi connectivity index (χ1v) is 4.14. The summed E-state index contributed by atoms with van der Waals surface area (Å²) in [6.07, 6.45) is 5.39. The fraction of sp³-hybridized carbons (Fsp3) is 0.333. The Hall–Kier alpha value is -0.610. The molecule has 4 heteroatoms. The molecule has 0 aliphatic carbocycles. The van der Waals surface area contributed by atoms with Gasteiger partial charge in [-0.25, -0.2) is 4.98 Å². The quantitative estimate of drug-likeness (QED) is 0.637. The third-order valence-corrected chi connectivity index (χ3v) is 1.73. The number of nitrogens with zero attached hydrogens (tertiary/aromatic N) is 2. The van der Waals surface area contributed by atoms with Gasteiger partial charge in [-0.2, -0.15) is 0 Å². The van der Waals surface area contributed by atoms with Gasteiger partial charge in [-0.3, -0.25) is 4.98 Å². The van der Waals surface area contributed by atoms with Crippen LogP contribution in [0.15, 0.2) is 17.4 Å². The van der Waals surface area contributed by atoms with Crippen LogP contribution in [-0.4, -0.2) is 16.2 Å². The molecule has 0 fully saturated rings. The molecule has 1 aromatic rings. The summed E-state index contributed by atoms with van der Waals surface area (Å²) < 4.78 is 0. The summed E-state index contributed by atoms with van der Waals surface area (Å²) in [6.45, 7) is 0.460. The van der Waals surface area contributed by atoms with E-state index in [0.29, 0.717) is 6.54 Å². The summed E-state index contributed by atoms with van der Waals surface area (Å²) >= 11 is 1.57. The lowest BCUT2D eigenvalue weighted by Gasteiger charge is -1.95. The minimum atomic E-state index is 0.460. The van der Waals surface area contributed by atoms with Gasteiger partial charge in [0.1, 0.15) is 5.03 Å². The Morgan fingerprint density at radius 2 is 2.30 bits per heavy atom. The Morgan fingerprint density at radius 1 is 1.50 bits per heavy atom. The number of hydrogen-bond donors (Lipinski definition) is 1. The molecule has 1 heterocycles. The van der Waals surface area contributed by atoms with Crippen molar-refractivity contribution < 1.29 is 0 Å². The van der Waals surface area contributed by atoms with Crippen LogP contribution in [0, 0.1) is 0 Å². The summed E-state index contributed by atoms with van der Waals surface area (Å²) in [5.74, 6) is 0. The van der Waals surface area contributed by atoms with Gasteiger partial charge in [-0.15, -0.1) is 11.8 Å². The lowest BCUT2D eigenvalue weighted by atomic mass is 10.5. The van der Waals surface area contributed by atoms with Crippen LogP contribution in [-0.2, 0) is 6.54 Å². The summed E-state index contributed by atoms with van der Waals surface area (Å²) in [7, 11) is 0. The molecule has 0 unspecified atom stereocenters. The highest BCUT2D eigenvalue weighted by Crippen LogP contribution is 2.07. The largest absolute Gasteiger partial charge is 0.325 e. The maximum atomic E-state index is 5.33. The number of thioether (sulfide) groups is 1. The third-order valence-electron chi connectivity index (χ3n) is 1.10. The monoisotopic (exact) mass is 155 g/mol. The maximum absolute atomic E-state index is 5.33. The predicted molar refractivity (Wildman–Crippen MR) is 41.7 cm³/mol. The second-order valence-electron chi connectivity index (χ2n) is 1.75. The van der Waals surface area contributed by atoms with Gasteiger partial charge >= 0.3 is 0 Å². The van der Waals surface area contributed by atoms with E-state index in [2.05, 4.69) is 9.97 Å². The average molecular weight is 155 g/mol. The number of nitrogens with two attached hydrogens (primary N) is 1. The first-order chi connectivity index (χ1) is 4.86. The first kappa shape index (κ1) is 7.50. The van der Waals surface area contributed by atoms with Crippen LogP contribution in [0.4, 0.5) is 0 Å². The second-order valence-corrected chi connectivity index (χ2v) is 2.58. The molecule has 0 radical (unpaired) electrons. The molecule has 0 saturated carbocycles. The Morgan fingerprint density at radius 3 is 2.70 bits per heavy atom. The van der Waals surface area contributed by atoms with Gasteiger partial charge in [0, 0.05) is 6.54 Å². The Labute approximate surface area is 64.1 Å². The number of rotatable bonds is 2. The minimum absolute atomic E-state index is 0.460. The van der Waals surface area contributed by atoms with Crippen molar-refractivity contribution >= 4 is 11.8 Å². The zero-order chi connectivity index (χ0) is 7.40. The van der Waals surface area contributed by atoms with Crippen LogP contribution in [0.3, 0.4) is 0 Å². The summed E-state index contributed by atoms with van der Waals surface area (Å²) in [5, 5.41) is 0.928. The van der Waals surface area contributed by atoms with Crippen LogP contribution < -0.4 is 5.73 Å². The molecule has 10 heavy (non-hydrogen) atoms. The molecule has 1 aromatic heterocycles. The summed E-state index contributed by atoms with van der Waals surface area (Å²) in [5.41, 5.74) is 6.16. The minimum Gasteiger partial charge on any atom is -0.325 e. The first-order valence-electron chi connectivity index (χ1n) is 2.92. The van der Waals surface area contributed by atoms with Crippen molar-refractivity contribution in [2.24, 2.45) is 5.73 Å². The zero-order valence-electron chi connectivity index (χ0n) is 5.74. The van der Waals surface area contributed by atoms with E-state index < -0.39 is 0 Å². The van der Waals surface area contributed by atoms with Crippen molar-refractivity contribution in [2.45, 2.75) is 11.6 Å². The van der Waals surface area contributed by atoms with E-state index in [-0.39, 0.29) is 0 Å². The van der Waals surface area contributed by atoms with E-state index in [1.807, 2.05) is 6.26 Å². The molecular weight excluding hydrogens is 146 g/mol. The van der Waals surface area contributed by atoms with Crippen molar-refractivity contribution in [3.8, 4) is 0 Å². The molecule has 0 bridgehead atoms. The van der Waals surface area contributed by atoms with E-state index in [4.69, 9.17) is 5.73 Å². The topological polar surface area (TPSA) is 51.8 Å². The molecule has 1 rings (SSSR count). The zero-order valence-corrected chi connectivity index (χ0v) is 6.56. The van der Waals surface area contributed by atoms with Crippen molar-refractivity contribution in [3.05, 3.63) is 18.1 Å². The lowest BCUT2D eigenvalue weighted by Crippen LogP contribution is -1.99. The third kappa shape index (κ3) is 1.68. The van der Waals surface area contributed by atoms with E-state index >= 15 is 0 Å². The lowest BCUT2D eigenvalue weighted by molar-refractivity contribution is 0.924. The van der Waals surface area contributed by atoms with Crippen LogP contribution in [0.5, 0.6) is 0 Å². The molecule has 2 N–H and O–H groups in total. The molecular formula is C6H9N3S. The van der Waals surface area contributed by atoms with Gasteiger partial charge in [0.15, 0.2) is 0 Å². The van der Waals surface area contributed by atoms with Gasteiger partial charge in [0.25, 0.3) is 0 Å². The van der Waals surface area contributed by atoms with Gasteiger partial charge in [0.2, 0.25) is 0 Å². The highest BCUT2D eigenvalue weighted by molar-refractivity contribution is 7.98. The highest BCUT2D eigenvalue weighted by atomic mass is 32.2. The van der Waals surface area contributed by atoms with Crippen molar-refractivity contribution in [1.29, 1.82) is 0 Å². The number of aromatic nitrogens is 2. The fourth-order valence-electron chi connectivity index (χ4n) is 0.554. The summed E-state index contributed by atoms with van der Waals surface area (Å²) in [4.78, 5) is 8.15. The molecule has 3 nitrogen and oxygen atoms in total. The second kappa shape index (κ2) is 3.53. The van der Waals surface area contributed by atoms with Gasteiger partial charge < -0.3 is 5.73 Å². The number of hydrogen-bond acceptors (Lipinski definition) is 4. The Balaban J connectivity index is 2.80. The normalized spacial score (nSPS) is 9.80. The van der Waals surface area contributed by atoms with E-state index in [1.165, 1.54) is 0 Å². The van der Waals surface area contributed by atoms with E-state index in [1.54, 1.807) is 24.2 Å². The van der Waals surface area contributed by atoms with Crippen LogP contribution in [0.2, 0.25) is 0 Å². The van der Waals surface area contributed by atoms with E-state index in [9.17, 15) is 0 Å². The summed E-state index contributed by atoms with van der Waals surface area (Å²) in [6, 6.07) is 0. The Kier molecular flexibility index (Phi) is 2.65. The van der Waals surface area contributed by atoms with Crippen LogP contribution >= 0.6 is 11.8 Å². The molecule has 0 spiro atoms. The van der Waals surface area contributed by atoms with Crippen molar-refractivity contribution in [3.63, 3.8) is 0 Å². The van der Waals surface area contributed by atoms with Crippen LogP contribution in [0.1, 0.15) is 5.69 Å². The molecule has 0 saturated heterocycles. The Bertz CT molecular complexity index is 174. The van der Waals surface area contributed by atoms with Crippen LogP contribution in [0.25, 0.3) is 0 Å². The van der Waals surface area contributed by atoms with Crippen molar-refractivity contribution in [2.75, 3.05) is 6.26 Å². The predicted octanol–water partition coefficient (Wildman–Crippen LogP) is 0.657. The maximum Gasteiger partial charge on any atom is 0.114 e. The molecule has 54 valence electrons. The molecule has 0 atom stereocenters. The smallest absolute Gasteiger partial charge is 0.114 e. The molecule has 0 aromatic carbocycles. The average Bonchev–Trinajstić information content (AvgIpc) is 2.05. The van der Waals surface area contributed by atoms with E-state index in [0.717, 1.165) is 10.7 Å².